The molecule has 1 atom stereocenters. The molecule has 0 bridgehead atoms. The molecule has 0 aliphatic carbocycles. The third-order valence-electron chi connectivity index (χ3n) is 3.99. The summed E-state index contributed by atoms with van der Waals surface area (Å²) in [6, 6.07) is 20.1. The smallest absolute Gasteiger partial charge is 0.0953 e. The molecule has 1 aromatic heterocycles. The molecule has 3 nitrogen and oxygen atoms in total. The van der Waals surface area contributed by atoms with Crippen molar-refractivity contribution >= 4 is 0 Å². The average molecular weight is 292 g/mol. The van der Waals surface area contributed by atoms with Crippen LogP contribution in [0.1, 0.15) is 17.5 Å². The molecular weight excluding hydrogens is 272 g/mol. The van der Waals surface area contributed by atoms with Gasteiger partial charge < -0.3 is 9.67 Å². The molecule has 0 saturated carbocycles. The fraction of sp³-hybridized carbons (Fsp3) is 0.211. The van der Waals surface area contributed by atoms with Crippen LogP contribution in [0.15, 0.2) is 79.4 Å². The van der Waals surface area contributed by atoms with Gasteiger partial charge in [-0.3, -0.25) is 0 Å². The van der Waals surface area contributed by atoms with Crippen LogP contribution in [0, 0.1) is 0 Å². The first kappa shape index (κ1) is 14.5. The largest absolute Gasteiger partial charge is 0.385 e. The van der Waals surface area contributed by atoms with Gasteiger partial charge in [0.2, 0.25) is 0 Å². The summed E-state index contributed by atoms with van der Waals surface area (Å²) in [5.74, 6) is 0. The monoisotopic (exact) mass is 292 g/mol. The molecule has 3 heteroatoms. The third kappa shape index (κ3) is 3.43. The molecule has 0 saturated heterocycles. The van der Waals surface area contributed by atoms with E-state index in [1.807, 2.05) is 59.3 Å². The van der Waals surface area contributed by atoms with E-state index < -0.39 is 5.60 Å². The predicted octanol–water partition coefficient (Wildman–Crippen LogP) is 3.40. The highest BCUT2D eigenvalue weighted by atomic mass is 16.3. The van der Waals surface area contributed by atoms with Gasteiger partial charge in [0.1, 0.15) is 0 Å². The summed E-state index contributed by atoms with van der Waals surface area (Å²) in [6.45, 7) is 0.734. The maximum Gasteiger partial charge on any atom is 0.0953 e. The number of imidazole rings is 1. The topological polar surface area (TPSA) is 38.0 Å². The lowest BCUT2D eigenvalue weighted by atomic mass is 9.84. The van der Waals surface area contributed by atoms with Crippen molar-refractivity contribution in [1.29, 1.82) is 0 Å². The molecule has 1 unspecified atom stereocenters. The van der Waals surface area contributed by atoms with Crippen LogP contribution in [0.5, 0.6) is 0 Å². The maximum absolute atomic E-state index is 11.3. The first-order valence-corrected chi connectivity index (χ1v) is 7.54. The normalized spacial score (nSPS) is 13.7. The zero-order valence-corrected chi connectivity index (χ0v) is 12.5. The number of hydrogen-bond donors (Lipinski definition) is 1. The van der Waals surface area contributed by atoms with Crippen LogP contribution in [0.4, 0.5) is 0 Å². The van der Waals surface area contributed by atoms with E-state index in [2.05, 4.69) is 17.1 Å². The van der Waals surface area contributed by atoms with Gasteiger partial charge in [-0.25, -0.2) is 4.98 Å². The molecule has 0 aliphatic rings. The van der Waals surface area contributed by atoms with E-state index in [1.54, 1.807) is 12.5 Å². The highest BCUT2D eigenvalue weighted by Gasteiger charge is 2.29. The van der Waals surface area contributed by atoms with E-state index in [-0.39, 0.29) is 0 Å². The van der Waals surface area contributed by atoms with Gasteiger partial charge in [-0.2, -0.15) is 0 Å². The van der Waals surface area contributed by atoms with Gasteiger partial charge in [0.05, 0.1) is 11.9 Å². The fourth-order valence-electron chi connectivity index (χ4n) is 2.75. The Bertz CT molecular complexity index is 680. The third-order valence-corrected chi connectivity index (χ3v) is 3.99. The summed E-state index contributed by atoms with van der Waals surface area (Å²) in [7, 11) is 0. The summed E-state index contributed by atoms with van der Waals surface area (Å²) >= 11 is 0. The van der Waals surface area contributed by atoms with Crippen molar-refractivity contribution < 1.29 is 5.11 Å². The van der Waals surface area contributed by atoms with Crippen molar-refractivity contribution in [2.45, 2.75) is 25.0 Å². The van der Waals surface area contributed by atoms with Gasteiger partial charge in [0.25, 0.3) is 0 Å². The Morgan fingerprint density at radius 1 is 0.955 bits per heavy atom. The van der Waals surface area contributed by atoms with E-state index in [4.69, 9.17) is 0 Å². The van der Waals surface area contributed by atoms with Gasteiger partial charge >= 0.3 is 0 Å². The van der Waals surface area contributed by atoms with Crippen LogP contribution in [0.2, 0.25) is 0 Å². The Morgan fingerprint density at radius 2 is 1.64 bits per heavy atom. The SMILES string of the molecule is OC(CCn1ccnc1)(Cc1ccccc1)c1ccccc1. The molecule has 0 aliphatic heterocycles. The van der Waals surface area contributed by atoms with Crippen molar-refractivity contribution in [1.82, 2.24) is 9.55 Å². The standard InChI is InChI=1S/C19H20N2O/c22-19(18-9-5-2-6-10-18,11-13-21-14-12-20-16-21)15-17-7-3-1-4-8-17/h1-10,12,14,16,22H,11,13,15H2. The molecule has 1 N–H and O–H groups in total. The van der Waals surface area contributed by atoms with Crippen LogP contribution < -0.4 is 0 Å². The van der Waals surface area contributed by atoms with E-state index in [9.17, 15) is 5.11 Å². The molecule has 0 radical (unpaired) electrons. The van der Waals surface area contributed by atoms with Gasteiger partial charge in [0.15, 0.2) is 0 Å². The number of nitrogens with zero attached hydrogens (tertiary/aromatic N) is 2. The first-order valence-electron chi connectivity index (χ1n) is 7.54. The van der Waals surface area contributed by atoms with E-state index >= 15 is 0 Å². The molecule has 0 spiro atoms. The lowest BCUT2D eigenvalue weighted by Gasteiger charge is -2.29. The summed E-state index contributed by atoms with van der Waals surface area (Å²) in [4.78, 5) is 4.06. The zero-order chi connectivity index (χ0) is 15.3. The first-order chi connectivity index (χ1) is 10.8. The van der Waals surface area contributed by atoms with E-state index in [1.165, 1.54) is 0 Å². The Balaban J connectivity index is 1.84. The lowest BCUT2D eigenvalue weighted by Crippen LogP contribution is -2.30. The van der Waals surface area contributed by atoms with Crippen LogP contribution in [0.3, 0.4) is 0 Å². The van der Waals surface area contributed by atoms with Crippen LogP contribution >= 0.6 is 0 Å². The number of aromatic nitrogens is 2. The minimum absolute atomic E-state index is 0.604. The Kier molecular flexibility index (Phi) is 4.35. The van der Waals surface area contributed by atoms with Crippen molar-refractivity contribution in [3.05, 3.63) is 90.5 Å². The van der Waals surface area contributed by atoms with Gasteiger partial charge in [-0.05, 0) is 17.5 Å². The maximum atomic E-state index is 11.3. The van der Waals surface area contributed by atoms with Crippen molar-refractivity contribution in [3.8, 4) is 0 Å². The van der Waals surface area contributed by atoms with Gasteiger partial charge in [-0.1, -0.05) is 60.7 Å². The second-order valence-corrected chi connectivity index (χ2v) is 5.61. The lowest BCUT2D eigenvalue weighted by molar-refractivity contribution is 0.0232. The summed E-state index contributed by atoms with van der Waals surface area (Å²) < 4.78 is 2.00. The zero-order valence-electron chi connectivity index (χ0n) is 12.5. The molecule has 0 fully saturated rings. The van der Waals surface area contributed by atoms with Crippen LogP contribution in [0.25, 0.3) is 0 Å². The molecule has 112 valence electrons. The summed E-state index contributed by atoms with van der Waals surface area (Å²) in [5.41, 5.74) is 1.21. The Morgan fingerprint density at radius 3 is 2.27 bits per heavy atom. The number of hydrogen-bond acceptors (Lipinski definition) is 2. The molecule has 22 heavy (non-hydrogen) atoms. The second-order valence-electron chi connectivity index (χ2n) is 5.61. The molecule has 2 aromatic carbocycles. The van der Waals surface area contributed by atoms with Gasteiger partial charge in [-0.15, -0.1) is 0 Å². The Labute approximate surface area is 130 Å². The minimum Gasteiger partial charge on any atom is -0.385 e. The van der Waals surface area contributed by atoms with Gasteiger partial charge in [0, 0.05) is 25.4 Å². The predicted molar refractivity (Wildman–Crippen MR) is 87.3 cm³/mol. The number of rotatable bonds is 6. The fourth-order valence-corrected chi connectivity index (χ4v) is 2.75. The molecule has 1 heterocycles. The molecular formula is C19H20N2O. The van der Waals surface area contributed by atoms with Crippen molar-refractivity contribution in [2.75, 3.05) is 0 Å². The molecule has 3 aromatic rings. The second kappa shape index (κ2) is 6.58. The van der Waals surface area contributed by atoms with Crippen LogP contribution in [-0.4, -0.2) is 14.7 Å². The quantitative estimate of drug-likeness (QED) is 0.756. The van der Waals surface area contributed by atoms with Crippen molar-refractivity contribution in [3.63, 3.8) is 0 Å². The highest BCUT2D eigenvalue weighted by molar-refractivity contribution is 5.26. The van der Waals surface area contributed by atoms with Crippen molar-refractivity contribution in [2.24, 2.45) is 0 Å². The number of aryl methyl sites for hydroxylation is 1. The van der Waals surface area contributed by atoms with E-state index in [0.29, 0.717) is 12.8 Å². The molecule has 0 amide bonds. The molecule has 3 rings (SSSR count). The number of benzene rings is 2. The minimum atomic E-state index is -0.882. The number of aliphatic hydroxyl groups is 1. The Hall–Kier alpha value is -2.39. The average Bonchev–Trinajstić information content (AvgIpc) is 3.08. The summed E-state index contributed by atoms with van der Waals surface area (Å²) in [5, 5.41) is 11.3. The summed E-state index contributed by atoms with van der Waals surface area (Å²) in [6.07, 6.45) is 6.72. The highest BCUT2D eigenvalue weighted by Crippen LogP contribution is 2.30. The van der Waals surface area contributed by atoms with Crippen LogP contribution in [-0.2, 0) is 18.6 Å². The van der Waals surface area contributed by atoms with E-state index in [0.717, 1.165) is 17.7 Å².